The summed E-state index contributed by atoms with van der Waals surface area (Å²) < 4.78 is 39.6. The van der Waals surface area contributed by atoms with E-state index in [2.05, 4.69) is 15.3 Å². The molecule has 0 aliphatic heterocycles. The normalized spacial score (nSPS) is 11.8. The quantitative estimate of drug-likeness (QED) is 0.632. The Labute approximate surface area is 113 Å². The van der Waals surface area contributed by atoms with E-state index in [0.29, 0.717) is 11.8 Å². The van der Waals surface area contributed by atoms with Gasteiger partial charge in [-0.1, -0.05) is 0 Å². The van der Waals surface area contributed by atoms with Gasteiger partial charge in [-0.25, -0.2) is 0 Å². The van der Waals surface area contributed by atoms with Crippen molar-refractivity contribution >= 4 is 17.4 Å². The van der Waals surface area contributed by atoms with E-state index in [1.54, 1.807) is 0 Å². The molecule has 0 saturated carbocycles. The van der Waals surface area contributed by atoms with Gasteiger partial charge in [0.05, 0.1) is 4.92 Å². The van der Waals surface area contributed by atoms with Gasteiger partial charge in [0.15, 0.2) is 10.2 Å². The summed E-state index contributed by atoms with van der Waals surface area (Å²) in [6.45, 7) is 0. The summed E-state index contributed by atoms with van der Waals surface area (Å²) in [5.74, 6) is -1.18. The smallest absolute Gasteiger partial charge is 0.301 e. The number of hydrogen-bond donors (Lipinski definition) is 0. The molecule has 0 fully saturated rings. The highest BCUT2D eigenvalue weighted by Gasteiger charge is 2.38. The van der Waals surface area contributed by atoms with Crippen molar-refractivity contribution in [3.63, 3.8) is 0 Å². The number of halogens is 3. The van der Waals surface area contributed by atoms with Gasteiger partial charge in [-0.3, -0.25) is 14.8 Å². The van der Waals surface area contributed by atoms with E-state index < -0.39 is 16.9 Å². The SMILES string of the molecule is Cn1ncc([N+](=O)[O-])c1Sc1nnc(C(F)(F)F)n1C. The van der Waals surface area contributed by atoms with Crippen molar-refractivity contribution in [3.8, 4) is 0 Å². The second-order valence-electron chi connectivity index (χ2n) is 3.68. The lowest BCUT2D eigenvalue weighted by Gasteiger charge is -2.06. The maximum absolute atomic E-state index is 12.6. The molecule has 0 amide bonds. The summed E-state index contributed by atoms with van der Waals surface area (Å²) in [4.78, 5) is 10.1. The van der Waals surface area contributed by atoms with E-state index in [1.807, 2.05) is 0 Å². The molecule has 8 nitrogen and oxygen atoms in total. The largest absolute Gasteiger partial charge is 0.451 e. The standard InChI is InChI=1S/C8H7F3N6O2S/c1-15-6(8(9,10)11)13-14-7(15)20-5-4(17(18)19)3-12-16(5)2/h3H,1-2H3. The molecule has 0 saturated heterocycles. The molecule has 0 bridgehead atoms. The zero-order valence-electron chi connectivity index (χ0n) is 10.1. The van der Waals surface area contributed by atoms with Crippen LogP contribution in [0, 0.1) is 10.1 Å². The van der Waals surface area contributed by atoms with E-state index in [-0.39, 0.29) is 15.9 Å². The highest BCUT2D eigenvalue weighted by molar-refractivity contribution is 7.99. The number of rotatable bonds is 3. The molecule has 0 aliphatic rings. The first-order chi connectivity index (χ1) is 9.21. The van der Waals surface area contributed by atoms with Gasteiger partial charge < -0.3 is 4.57 Å². The topological polar surface area (TPSA) is 91.7 Å². The Morgan fingerprint density at radius 3 is 2.50 bits per heavy atom. The van der Waals surface area contributed by atoms with Crippen LogP contribution in [0.2, 0.25) is 0 Å². The number of nitrogens with zero attached hydrogens (tertiary/aromatic N) is 6. The predicted octanol–water partition coefficient (Wildman–Crippen LogP) is 1.63. The van der Waals surface area contributed by atoms with Crippen molar-refractivity contribution in [2.45, 2.75) is 16.4 Å². The Bertz CT molecular complexity index is 664. The first-order valence-electron chi connectivity index (χ1n) is 5.02. The van der Waals surface area contributed by atoms with Gasteiger partial charge in [0.1, 0.15) is 6.20 Å². The van der Waals surface area contributed by atoms with Gasteiger partial charge in [-0.05, 0) is 11.8 Å². The van der Waals surface area contributed by atoms with E-state index in [9.17, 15) is 23.3 Å². The van der Waals surface area contributed by atoms with Crippen LogP contribution in [0.15, 0.2) is 16.4 Å². The molecular weight excluding hydrogens is 301 g/mol. The first-order valence-corrected chi connectivity index (χ1v) is 5.84. The van der Waals surface area contributed by atoms with Crippen LogP contribution in [-0.2, 0) is 20.3 Å². The number of hydrogen-bond acceptors (Lipinski definition) is 6. The Morgan fingerprint density at radius 2 is 2.00 bits per heavy atom. The molecule has 12 heteroatoms. The first kappa shape index (κ1) is 14.3. The summed E-state index contributed by atoms with van der Waals surface area (Å²) in [5, 5.41) is 20.9. The molecule has 0 aromatic carbocycles. The van der Waals surface area contributed by atoms with Crippen LogP contribution >= 0.6 is 11.8 Å². The molecule has 20 heavy (non-hydrogen) atoms. The lowest BCUT2D eigenvalue weighted by atomic mass is 10.6. The van der Waals surface area contributed by atoms with Gasteiger partial charge in [-0.15, -0.1) is 10.2 Å². The predicted molar refractivity (Wildman–Crippen MR) is 60.0 cm³/mol. The fourth-order valence-electron chi connectivity index (χ4n) is 1.40. The van der Waals surface area contributed by atoms with Crippen LogP contribution < -0.4 is 0 Å². The van der Waals surface area contributed by atoms with E-state index in [1.165, 1.54) is 11.7 Å². The van der Waals surface area contributed by atoms with Crippen molar-refractivity contribution < 1.29 is 18.1 Å². The Balaban J connectivity index is 2.39. The molecule has 2 aromatic heterocycles. The van der Waals surface area contributed by atoms with E-state index in [4.69, 9.17) is 0 Å². The summed E-state index contributed by atoms with van der Waals surface area (Å²) >= 11 is 0.688. The number of aromatic nitrogens is 5. The van der Waals surface area contributed by atoms with Gasteiger partial charge in [-0.2, -0.15) is 18.3 Å². The second-order valence-corrected chi connectivity index (χ2v) is 4.64. The molecule has 0 atom stereocenters. The van der Waals surface area contributed by atoms with Crippen LogP contribution in [0.3, 0.4) is 0 Å². The Hall–Kier alpha value is -2.11. The minimum atomic E-state index is -4.64. The van der Waals surface area contributed by atoms with Crippen LogP contribution in [0.4, 0.5) is 18.9 Å². The van der Waals surface area contributed by atoms with Crippen molar-refractivity contribution in [1.29, 1.82) is 0 Å². The third-order valence-corrected chi connectivity index (χ3v) is 3.54. The zero-order valence-corrected chi connectivity index (χ0v) is 10.9. The van der Waals surface area contributed by atoms with Crippen molar-refractivity contribution in [2.24, 2.45) is 14.1 Å². The van der Waals surface area contributed by atoms with Gasteiger partial charge in [0.25, 0.3) is 0 Å². The zero-order chi connectivity index (χ0) is 15.1. The molecule has 2 aromatic rings. The molecular formula is C8H7F3N6O2S. The van der Waals surface area contributed by atoms with Crippen LogP contribution in [0.25, 0.3) is 0 Å². The highest BCUT2D eigenvalue weighted by Crippen LogP contribution is 2.35. The molecule has 0 radical (unpaired) electrons. The third kappa shape index (κ3) is 2.45. The second kappa shape index (κ2) is 4.77. The number of nitro groups is 1. The minimum absolute atomic E-state index is 0.0687. The molecule has 0 N–H and O–H groups in total. The maximum Gasteiger partial charge on any atom is 0.451 e. The molecule has 108 valence electrons. The minimum Gasteiger partial charge on any atom is -0.301 e. The highest BCUT2D eigenvalue weighted by atomic mass is 32.2. The fourth-order valence-corrected chi connectivity index (χ4v) is 2.28. The number of aryl methyl sites for hydroxylation is 1. The van der Waals surface area contributed by atoms with E-state index in [0.717, 1.165) is 17.8 Å². The fraction of sp³-hybridized carbons (Fsp3) is 0.375. The molecule has 0 unspecified atom stereocenters. The molecule has 2 rings (SSSR count). The molecule has 2 heterocycles. The maximum atomic E-state index is 12.6. The third-order valence-electron chi connectivity index (χ3n) is 2.34. The van der Waals surface area contributed by atoms with Crippen LogP contribution in [0.1, 0.15) is 5.82 Å². The van der Waals surface area contributed by atoms with Gasteiger partial charge >= 0.3 is 11.9 Å². The lowest BCUT2D eigenvalue weighted by Crippen LogP contribution is -2.13. The summed E-state index contributed by atoms with van der Waals surface area (Å²) in [6.07, 6.45) is -3.62. The number of alkyl halides is 3. The molecule has 0 spiro atoms. The lowest BCUT2D eigenvalue weighted by molar-refractivity contribution is -0.387. The van der Waals surface area contributed by atoms with Crippen molar-refractivity contribution in [2.75, 3.05) is 0 Å². The Morgan fingerprint density at radius 1 is 1.35 bits per heavy atom. The summed E-state index contributed by atoms with van der Waals surface area (Å²) in [6, 6.07) is 0. The average Bonchev–Trinajstić information content (AvgIpc) is 2.84. The van der Waals surface area contributed by atoms with Crippen LogP contribution in [-0.4, -0.2) is 29.5 Å². The monoisotopic (exact) mass is 308 g/mol. The Kier molecular flexibility index (Phi) is 3.41. The van der Waals surface area contributed by atoms with Crippen molar-refractivity contribution in [1.82, 2.24) is 24.5 Å². The average molecular weight is 308 g/mol. The van der Waals surface area contributed by atoms with E-state index >= 15 is 0 Å². The van der Waals surface area contributed by atoms with Crippen molar-refractivity contribution in [3.05, 3.63) is 22.1 Å². The summed E-state index contributed by atoms with van der Waals surface area (Å²) in [7, 11) is 2.57. The van der Waals surface area contributed by atoms with Gasteiger partial charge in [0.2, 0.25) is 5.82 Å². The molecule has 0 aliphatic carbocycles. The van der Waals surface area contributed by atoms with Gasteiger partial charge in [0, 0.05) is 14.1 Å². The summed E-state index contributed by atoms with van der Waals surface area (Å²) in [5.41, 5.74) is -0.311. The van der Waals surface area contributed by atoms with Crippen LogP contribution in [0.5, 0.6) is 0 Å².